The first-order valence-electron chi connectivity index (χ1n) is 7.06. The van der Waals surface area contributed by atoms with E-state index in [1.54, 1.807) is 8.61 Å². The molecule has 1 atom stereocenters. The number of hydrogen-bond donors (Lipinski definition) is 1. The van der Waals surface area contributed by atoms with Crippen LogP contribution >= 0.6 is 0 Å². The van der Waals surface area contributed by atoms with Gasteiger partial charge in [-0.25, -0.2) is 0 Å². The fraction of sp³-hybridized carbons (Fsp3) is 1.00. The second-order valence-electron chi connectivity index (χ2n) is 5.45. The molecule has 18 heavy (non-hydrogen) atoms. The van der Waals surface area contributed by atoms with Gasteiger partial charge in [0.2, 0.25) is 0 Å². The Hall–Kier alpha value is -0.170. The van der Waals surface area contributed by atoms with Crippen LogP contribution in [0.5, 0.6) is 0 Å². The van der Waals surface area contributed by atoms with Gasteiger partial charge in [-0.2, -0.15) is 17.0 Å². The summed E-state index contributed by atoms with van der Waals surface area (Å²) in [7, 11) is -3.31. The van der Waals surface area contributed by atoms with Crippen LogP contribution in [0.2, 0.25) is 0 Å². The number of nitrogens with zero attached hydrogens (tertiary/aromatic N) is 2. The van der Waals surface area contributed by atoms with Gasteiger partial charge in [-0.05, 0) is 32.6 Å². The molecule has 0 aromatic carbocycles. The molecule has 106 valence electrons. The van der Waals surface area contributed by atoms with Crippen molar-refractivity contribution in [1.82, 2.24) is 8.61 Å². The summed E-state index contributed by atoms with van der Waals surface area (Å²) >= 11 is 0. The van der Waals surface area contributed by atoms with Crippen molar-refractivity contribution in [1.29, 1.82) is 0 Å². The van der Waals surface area contributed by atoms with E-state index in [9.17, 15) is 8.42 Å². The van der Waals surface area contributed by atoms with Crippen molar-refractivity contribution in [3.63, 3.8) is 0 Å². The predicted molar refractivity (Wildman–Crippen MR) is 72.3 cm³/mol. The van der Waals surface area contributed by atoms with Gasteiger partial charge in [0, 0.05) is 31.7 Å². The van der Waals surface area contributed by atoms with Gasteiger partial charge in [0.15, 0.2) is 0 Å². The second-order valence-corrected chi connectivity index (χ2v) is 7.28. The van der Waals surface area contributed by atoms with Gasteiger partial charge in [0.1, 0.15) is 0 Å². The molecule has 2 N–H and O–H groups in total. The molecule has 5 nitrogen and oxygen atoms in total. The van der Waals surface area contributed by atoms with Crippen LogP contribution in [0.25, 0.3) is 0 Å². The van der Waals surface area contributed by atoms with Crippen LogP contribution in [0.1, 0.15) is 45.4 Å². The SMILES string of the molecule is CC1CCCCN1S(=O)(=O)N(CCN)C1CCC1. The summed E-state index contributed by atoms with van der Waals surface area (Å²) < 4.78 is 28.8. The molecule has 2 rings (SSSR count). The van der Waals surface area contributed by atoms with Crippen LogP contribution in [-0.2, 0) is 10.2 Å². The Kier molecular flexibility index (Phi) is 4.64. The van der Waals surface area contributed by atoms with E-state index < -0.39 is 10.2 Å². The van der Waals surface area contributed by atoms with Gasteiger partial charge in [0.05, 0.1) is 0 Å². The van der Waals surface area contributed by atoms with Crippen LogP contribution < -0.4 is 5.73 Å². The predicted octanol–water partition coefficient (Wildman–Crippen LogP) is 0.919. The summed E-state index contributed by atoms with van der Waals surface area (Å²) in [5.41, 5.74) is 5.58. The maximum absolute atomic E-state index is 12.7. The Bertz CT molecular complexity index is 368. The molecule has 0 amide bonds. The van der Waals surface area contributed by atoms with Gasteiger partial charge in [-0.3, -0.25) is 0 Å². The third kappa shape index (κ3) is 2.71. The molecule has 0 aromatic rings. The average Bonchev–Trinajstić information content (AvgIpc) is 2.26. The van der Waals surface area contributed by atoms with Crippen LogP contribution in [-0.4, -0.2) is 48.7 Å². The van der Waals surface area contributed by atoms with Crippen molar-refractivity contribution in [3.05, 3.63) is 0 Å². The lowest BCUT2D eigenvalue weighted by atomic mass is 9.93. The van der Waals surface area contributed by atoms with Crippen molar-refractivity contribution in [3.8, 4) is 0 Å². The highest BCUT2D eigenvalue weighted by atomic mass is 32.2. The van der Waals surface area contributed by atoms with Crippen molar-refractivity contribution >= 4 is 10.2 Å². The summed E-state index contributed by atoms with van der Waals surface area (Å²) in [6.07, 6.45) is 6.19. The van der Waals surface area contributed by atoms with E-state index in [4.69, 9.17) is 5.73 Å². The quantitative estimate of drug-likeness (QED) is 0.811. The lowest BCUT2D eigenvalue weighted by Gasteiger charge is -2.42. The molecule has 1 unspecified atom stereocenters. The lowest BCUT2D eigenvalue weighted by molar-refractivity contribution is 0.187. The van der Waals surface area contributed by atoms with Gasteiger partial charge in [-0.1, -0.05) is 12.8 Å². The first-order valence-corrected chi connectivity index (χ1v) is 8.45. The van der Waals surface area contributed by atoms with Gasteiger partial charge in [0.25, 0.3) is 10.2 Å². The van der Waals surface area contributed by atoms with E-state index in [0.29, 0.717) is 19.6 Å². The molecule has 2 fully saturated rings. The Morgan fingerprint density at radius 3 is 2.44 bits per heavy atom. The zero-order valence-corrected chi connectivity index (χ0v) is 12.0. The maximum atomic E-state index is 12.7. The van der Waals surface area contributed by atoms with E-state index in [1.165, 1.54) is 0 Å². The van der Waals surface area contributed by atoms with Crippen LogP contribution in [0, 0.1) is 0 Å². The molecule has 2 aliphatic rings. The van der Waals surface area contributed by atoms with Crippen LogP contribution in [0.4, 0.5) is 0 Å². The van der Waals surface area contributed by atoms with E-state index in [-0.39, 0.29) is 12.1 Å². The topological polar surface area (TPSA) is 66.6 Å². The zero-order valence-electron chi connectivity index (χ0n) is 11.2. The summed E-state index contributed by atoms with van der Waals surface area (Å²) in [6, 6.07) is 0.316. The standard InChI is InChI=1S/C12H25N3O2S/c1-11-5-2-3-9-14(11)18(16,17)15(10-8-13)12-6-4-7-12/h11-12H,2-10,13H2,1H3. The van der Waals surface area contributed by atoms with Gasteiger partial charge < -0.3 is 5.73 Å². The molecule has 0 aromatic heterocycles. The molecule has 6 heteroatoms. The summed E-state index contributed by atoms with van der Waals surface area (Å²) in [4.78, 5) is 0. The lowest BCUT2D eigenvalue weighted by Crippen LogP contribution is -2.55. The third-order valence-corrected chi connectivity index (χ3v) is 6.37. The highest BCUT2D eigenvalue weighted by molar-refractivity contribution is 7.86. The van der Waals surface area contributed by atoms with Crippen molar-refractivity contribution in [2.75, 3.05) is 19.6 Å². The molecule has 0 radical (unpaired) electrons. The molecular formula is C12H25N3O2S. The fourth-order valence-corrected chi connectivity index (χ4v) is 4.95. The molecular weight excluding hydrogens is 250 g/mol. The van der Waals surface area contributed by atoms with E-state index in [0.717, 1.165) is 38.5 Å². The monoisotopic (exact) mass is 275 g/mol. The van der Waals surface area contributed by atoms with Gasteiger partial charge in [-0.15, -0.1) is 0 Å². The first-order chi connectivity index (χ1) is 8.57. The molecule has 1 aliphatic heterocycles. The van der Waals surface area contributed by atoms with Crippen LogP contribution in [0.3, 0.4) is 0 Å². The number of hydrogen-bond acceptors (Lipinski definition) is 3. The van der Waals surface area contributed by atoms with Crippen molar-refractivity contribution in [2.24, 2.45) is 5.73 Å². The Morgan fingerprint density at radius 2 is 1.94 bits per heavy atom. The number of rotatable bonds is 5. The Morgan fingerprint density at radius 1 is 1.22 bits per heavy atom. The van der Waals surface area contributed by atoms with Gasteiger partial charge >= 0.3 is 0 Å². The molecule has 1 aliphatic carbocycles. The zero-order chi connectivity index (χ0) is 13.2. The first kappa shape index (κ1) is 14.2. The van der Waals surface area contributed by atoms with Crippen LogP contribution in [0.15, 0.2) is 0 Å². The molecule has 1 heterocycles. The Labute approximate surface area is 110 Å². The fourth-order valence-electron chi connectivity index (χ4n) is 2.84. The van der Waals surface area contributed by atoms with Crippen molar-refractivity contribution in [2.45, 2.75) is 57.5 Å². The largest absolute Gasteiger partial charge is 0.329 e. The minimum atomic E-state index is -3.31. The maximum Gasteiger partial charge on any atom is 0.282 e. The number of piperidine rings is 1. The smallest absolute Gasteiger partial charge is 0.282 e. The molecule has 0 spiro atoms. The van der Waals surface area contributed by atoms with E-state index >= 15 is 0 Å². The van der Waals surface area contributed by atoms with E-state index in [1.807, 2.05) is 6.92 Å². The third-order valence-electron chi connectivity index (χ3n) is 4.17. The van der Waals surface area contributed by atoms with Crippen molar-refractivity contribution < 1.29 is 8.42 Å². The highest BCUT2D eigenvalue weighted by Crippen LogP contribution is 2.30. The second kappa shape index (κ2) is 5.86. The Balaban J connectivity index is 2.15. The minimum Gasteiger partial charge on any atom is -0.329 e. The molecule has 0 bridgehead atoms. The summed E-state index contributed by atoms with van der Waals surface area (Å²) in [5.74, 6) is 0. The normalized spacial score (nSPS) is 27.4. The minimum absolute atomic E-state index is 0.129. The summed E-state index contributed by atoms with van der Waals surface area (Å²) in [5, 5.41) is 0. The summed E-state index contributed by atoms with van der Waals surface area (Å²) in [6.45, 7) is 3.53. The molecule has 1 saturated heterocycles. The average molecular weight is 275 g/mol. The molecule has 1 saturated carbocycles. The number of nitrogens with two attached hydrogens (primary N) is 1. The highest BCUT2D eigenvalue weighted by Gasteiger charge is 2.39. The van der Waals surface area contributed by atoms with E-state index in [2.05, 4.69) is 0 Å².